The molecule has 6 heteroatoms. The summed E-state index contributed by atoms with van der Waals surface area (Å²) in [5.74, 6) is 3.20. The number of hydrogen-bond acceptors (Lipinski definition) is 3. The molecule has 146 valence electrons. The van der Waals surface area contributed by atoms with E-state index >= 15 is 0 Å². The van der Waals surface area contributed by atoms with Crippen molar-refractivity contribution in [2.45, 2.75) is 44.2 Å². The summed E-state index contributed by atoms with van der Waals surface area (Å²) in [5.41, 5.74) is 0.655. The Balaban J connectivity index is 1.66. The van der Waals surface area contributed by atoms with E-state index in [0.29, 0.717) is 49.4 Å². The molecule has 5 nitrogen and oxygen atoms in total. The zero-order valence-electron chi connectivity index (χ0n) is 15.6. The maximum Gasteiger partial charge on any atom is 0.223 e. The summed E-state index contributed by atoms with van der Waals surface area (Å²) in [6, 6.07) is 11.2. The Hall–Kier alpha value is -2.71. The van der Waals surface area contributed by atoms with Crippen molar-refractivity contribution < 1.29 is 14.0 Å². The number of carbonyl (C=O) groups is 2. The van der Waals surface area contributed by atoms with E-state index in [0.717, 1.165) is 5.56 Å². The number of carbonyl (C=O) groups excluding carboxylic acids is 2. The van der Waals surface area contributed by atoms with Crippen LogP contribution >= 0.6 is 11.6 Å². The zero-order valence-corrected chi connectivity index (χ0v) is 16.4. The molecule has 1 aromatic heterocycles. The summed E-state index contributed by atoms with van der Waals surface area (Å²) in [5, 5.41) is 3.77. The molecule has 1 aliphatic heterocycles. The fourth-order valence-electron chi connectivity index (χ4n) is 3.61. The highest BCUT2D eigenvalue weighted by Gasteiger charge is 2.38. The van der Waals surface area contributed by atoms with Gasteiger partial charge in [-0.2, -0.15) is 0 Å². The number of furan rings is 1. The van der Waals surface area contributed by atoms with Crippen LogP contribution in [0.5, 0.6) is 0 Å². The molecule has 1 fully saturated rings. The number of amides is 2. The van der Waals surface area contributed by atoms with E-state index < -0.39 is 5.54 Å². The second-order valence-electron chi connectivity index (χ2n) is 7.17. The van der Waals surface area contributed by atoms with E-state index in [1.165, 1.54) is 0 Å². The van der Waals surface area contributed by atoms with Gasteiger partial charge in [0.2, 0.25) is 11.8 Å². The quantitative estimate of drug-likeness (QED) is 0.691. The lowest BCUT2D eigenvalue weighted by molar-refractivity contribution is -0.132. The molecular formula is C22H23ClN2O3. The van der Waals surface area contributed by atoms with Crippen molar-refractivity contribution in [3.05, 3.63) is 59.0 Å². The number of nitrogens with one attached hydrogen (secondary N) is 1. The molecule has 2 amide bonds. The zero-order chi connectivity index (χ0) is 20.0. The first-order chi connectivity index (χ1) is 13.5. The fourth-order valence-corrected chi connectivity index (χ4v) is 3.74. The molecule has 1 N–H and O–H groups in total. The molecular weight excluding hydrogens is 376 g/mol. The van der Waals surface area contributed by atoms with Crippen molar-refractivity contribution in [2.75, 3.05) is 6.54 Å². The average molecular weight is 399 g/mol. The van der Waals surface area contributed by atoms with Gasteiger partial charge < -0.3 is 14.6 Å². The van der Waals surface area contributed by atoms with E-state index in [1.807, 2.05) is 30.3 Å². The van der Waals surface area contributed by atoms with Gasteiger partial charge in [-0.1, -0.05) is 29.7 Å². The lowest BCUT2D eigenvalue weighted by Crippen LogP contribution is -2.45. The molecule has 28 heavy (non-hydrogen) atoms. The highest BCUT2D eigenvalue weighted by molar-refractivity contribution is 6.30. The number of nitrogens with zero attached hydrogens (tertiary/aromatic N) is 1. The molecule has 3 rings (SSSR count). The van der Waals surface area contributed by atoms with Crippen LogP contribution in [0.25, 0.3) is 0 Å². The predicted octanol–water partition coefficient (Wildman–Crippen LogP) is 3.57. The molecule has 1 aromatic carbocycles. The average Bonchev–Trinajstić information content (AvgIpc) is 3.32. The summed E-state index contributed by atoms with van der Waals surface area (Å²) in [6.45, 7) is 0.558. The van der Waals surface area contributed by atoms with Crippen molar-refractivity contribution in [2.24, 2.45) is 0 Å². The van der Waals surface area contributed by atoms with Crippen molar-refractivity contribution in [3.63, 3.8) is 0 Å². The van der Waals surface area contributed by atoms with Gasteiger partial charge in [-0.05, 0) is 49.1 Å². The van der Waals surface area contributed by atoms with E-state index in [1.54, 1.807) is 17.2 Å². The molecule has 1 unspecified atom stereocenters. The Morgan fingerprint density at radius 2 is 2.11 bits per heavy atom. The second kappa shape index (κ2) is 8.99. The second-order valence-corrected chi connectivity index (χ2v) is 7.60. The summed E-state index contributed by atoms with van der Waals surface area (Å²) < 4.78 is 5.33. The number of halogens is 1. The van der Waals surface area contributed by atoms with Gasteiger partial charge in [0.05, 0.1) is 19.4 Å². The van der Waals surface area contributed by atoms with Crippen molar-refractivity contribution in [3.8, 4) is 12.3 Å². The van der Waals surface area contributed by atoms with Gasteiger partial charge in [-0.3, -0.25) is 9.59 Å². The minimum atomic E-state index is -0.424. The Labute approximate surface area is 170 Å². The highest BCUT2D eigenvalue weighted by Crippen LogP contribution is 2.30. The molecule has 1 atom stereocenters. The third kappa shape index (κ3) is 5.17. The molecule has 0 saturated carbocycles. The minimum Gasteiger partial charge on any atom is -0.467 e. The Morgan fingerprint density at radius 1 is 1.32 bits per heavy atom. The van der Waals surface area contributed by atoms with Gasteiger partial charge in [0.25, 0.3) is 0 Å². The van der Waals surface area contributed by atoms with E-state index in [-0.39, 0.29) is 18.4 Å². The molecule has 2 heterocycles. The lowest BCUT2D eigenvalue weighted by atomic mass is 9.85. The molecule has 0 bridgehead atoms. The molecule has 2 aromatic rings. The van der Waals surface area contributed by atoms with Gasteiger partial charge in [0.1, 0.15) is 5.76 Å². The fraction of sp³-hybridized carbons (Fsp3) is 0.364. The number of rotatable bonds is 8. The van der Waals surface area contributed by atoms with Crippen molar-refractivity contribution in [1.82, 2.24) is 10.2 Å². The molecule has 0 spiro atoms. The SMILES string of the molecule is C#CCN(Cc1ccco1)C(=O)CCC1(Cc2ccc(Cl)cc2)CCC(=O)N1. The van der Waals surface area contributed by atoms with E-state index in [2.05, 4.69) is 11.2 Å². The lowest BCUT2D eigenvalue weighted by Gasteiger charge is -2.30. The predicted molar refractivity (Wildman–Crippen MR) is 107 cm³/mol. The number of terminal acetylenes is 1. The Bertz CT molecular complexity index is 855. The summed E-state index contributed by atoms with van der Waals surface area (Å²) >= 11 is 5.97. The van der Waals surface area contributed by atoms with Crippen LogP contribution in [0.15, 0.2) is 47.1 Å². The first-order valence-corrected chi connectivity index (χ1v) is 9.66. The van der Waals surface area contributed by atoms with Crippen LogP contribution in [-0.2, 0) is 22.6 Å². The van der Waals surface area contributed by atoms with Gasteiger partial charge in [0, 0.05) is 23.4 Å². The molecule has 1 aliphatic rings. The summed E-state index contributed by atoms with van der Waals surface area (Å²) in [7, 11) is 0. The summed E-state index contributed by atoms with van der Waals surface area (Å²) in [6.07, 6.45) is 9.70. The van der Waals surface area contributed by atoms with E-state index in [9.17, 15) is 9.59 Å². The number of hydrogen-bond donors (Lipinski definition) is 1. The maximum absolute atomic E-state index is 12.8. The topological polar surface area (TPSA) is 62.6 Å². The van der Waals surface area contributed by atoms with Gasteiger partial charge in [-0.25, -0.2) is 0 Å². The van der Waals surface area contributed by atoms with Crippen LogP contribution in [-0.4, -0.2) is 28.8 Å². The van der Waals surface area contributed by atoms with Crippen molar-refractivity contribution >= 4 is 23.4 Å². The summed E-state index contributed by atoms with van der Waals surface area (Å²) in [4.78, 5) is 26.3. The van der Waals surface area contributed by atoms with Gasteiger partial charge in [-0.15, -0.1) is 6.42 Å². The van der Waals surface area contributed by atoms with Gasteiger partial charge >= 0.3 is 0 Å². The van der Waals surface area contributed by atoms with Crippen molar-refractivity contribution in [1.29, 1.82) is 0 Å². The first-order valence-electron chi connectivity index (χ1n) is 9.29. The normalized spacial score (nSPS) is 18.5. The highest BCUT2D eigenvalue weighted by atomic mass is 35.5. The van der Waals surface area contributed by atoms with Gasteiger partial charge in [0.15, 0.2) is 0 Å². The maximum atomic E-state index is 12.8. The molecule has 0 radical (unpaired) electrons. The van der Waals surface area contributed by atoms with Crippen LogP contribution in [0, 0.1) is 12.3 Å². The minimum absolute atomic E-state index is 0.0254. The molecule has 0 aliphatic carbocycles. The standard InChI is InChI=1S/C22H23ClN2O3/c1-2-13-25(16-19-4-3-14-28-19)21(27)10-12-22(11-9-20(26)24-22)15-17-5-7-18(23)8-6-17/h1,3-8,14H,9-13,15-16H2,(H,24,26). The Morgan fingerprint density at radius 3 is 2.71 bits per heavy atom. The van der Waals surface area contributed by atoms with Crippen LogP contribution in [0.4, 0.5) is 0 Å². The monoisotopic (exact) mass is 398 g/mol. The number of benzene rings is 1. The van der Waals surface area contributed by atoms with E-state index in [4.69, 9.17) is 22.4 Å². The van der Waals surface area contributed by atoms with Crippen LogP contribution in [0.3, 0.4) is 0 Å². The molecule has 1 saturated heterocycles. The van der Waals surface area contributed by atoms with Crippen LogP contribution < -0.4 is 5.32 Å². The first kappa shape index (κ1) is 20.0. The third-order valence-electron chi connectivity index (χ3n) is 5.07. The smallest absolute Gasteiger partial charge is 0.223 e. The largest absolute Gasteiger partial charge is 0.467 e. The van der Waals surface area contributed by atoms with Crippen LogP contribution in [0.2, 0.25) is 5.02 Å². The Kier molecular flexibility index (Phi) is 6.43. The third-order valence-corrected chi connectivity index (χ3v) is 5.32. The van der Waals surface area contributed by atoms with Crippen LogP contribution in [0.1, 0.15) is 37.0 Å².